The van der Waals surface area contributed by atoms with Crippen LogP contribution in [-0.2, 0) is 6.42 Å². The molecule has 0 aliphatic heterocycles. The van der Waals surface area contributed by atoms with Crippen molar-refractivity contribution in [2.75, 3.05) is 0 Å². The summed E-state index contributed by atoms with van der Waals surface area (Å²) < 4.78 is 1.26. The fourth-order valence-corrected chi connectivity index (χ4v) is 2.86. The van der Waals surface area contributed by atoms with Crippen molar-refractivity contribution < 1.29 is 9.72 Å². The summed E-state index contributed by atoms with van der Waals surface area (Å²) in [5.74, 6) is -0.493. The van der Waals surface area contributed by atoms with E-state index in [0.717, 1.165) is 16.8 Å². The van der Waals surface area contributed by atoms with E-state index in [0.29, 0.717) is 12.1 Å². The first-order valence-corrected chi connectivity index (χ1v) is 7.86. The summed E-state index contributed by atoms with van der Waals surface area (Å²) >= 11 is 0. The van der Waals surface area contributed by atoms with E-state index in [1.165, 1.54) is 22.9 Å². The minimum absolute atomic E-state index is 0.0318. The largest absolute Gasteiger partial charge is 0.285 e. The molecule has 0 aliphatic rings. The number of carbonyl (C=O) groups excluding carboxylic acids is 1. The van der Waals surface area contributed by atoms with Crippen molar-refractivity contribution in [3.05, 3.63) is 92.8 Å². The summed E-state index contributed by atoms with van der Waals surface area (Å²) in [6, 6.07) is 15.8. The fraction of sp³-hybridized carbons (Fsp3) is 0.158. The van der Waals surface area contributed by atoms with Gasteiger partial charge in [0.25, 0.3) is 11.6 Å². The Morgan fingerprint density at radius 1 is 1.08 bits per heavy atom. The number of hydrogen-bond donors (Lipinski definition) is 0. The molecule has 0 saturated heterocycles. The molecule has 0 fully saturated rings. The predicted molar refractivity (Wildman–Crippen MR) is 93.8 cm³/mol. The molecule has 0 bridgehead atoms. The van der Waals surface area contributed by atoms with Crippen LogP contribution in [0.1, 0.15) is 32.9 Å². The molecule has 0 amide bonds. The summed E-state index contributed by atoms with van der Waals surface area (Å²) in [5.41, 5.74) is 3.33. The van der Waals surface area contributed by atoms with E-state index in [-0.39, 0.29) is 11.3 Å². The minimum Gasteiger partial charge on any atom is -0.266 e. The van der Waals surface area contributed by atoms with E-state index < -0.39 is 10.8 Å². The number of benzene rings is 2. The minimum atomic E-state index is -0.552. The molecule has 0 radical (unpaired) electrons. The van der Waals surface area contributed by atoms with E-state index in [1.54, 1.807) is 6.07 Å². The molecule has 2 aromatic carbocycles. The number of nitro groups is 1. The van der Waals surface area contributed by atoms with Crippen molar-refractivity contribution in [3.63, 3.8) is 0 Å². The summed E-state index contributed by atoms with van der Waals surface area (Å²) in [7, 11) is 0. The van der Waals surface area contributed by atoms with Crippen LogP contribution in [0, 0.1) is 24.0 Å². The number of carbonyl (C=O) groups is 1. The first-order valence-electron chi connectivity index (χ1n) is 7.86. The SMILES string of the molecule is Cc1nn(C(=O)c2ccccc2[N+](=O)[O-])c(C)c1Cc1ccccc1. The number of aromatic nitrogens is 2. The van der Waals surface area contributed by atoms with Gasteiger partial charge in [0.1, 0.15) is 5.56 Å². The van der Waals surface area contributed by atoms with E-state index in [4.69, 9.17) is 0 Å². The summed E-state index contributed by atoms with van der Waals surface area (Å²) in [5, 5.41) is 15.5. The Balaban J connectivity index is 2.01. The first-order chi connectivity index (χ1) is 12.0. The van der Waals surface area contributed by atoms with Gasteiger partial charge in [0, 0.05) is 23.7 Å². The van der Waals surface area contributed by atoms with Crippen molar-refractivity contribution in [3.8, 4) is 0 Å². The fourth-order valence-electron chi connectivity index (χ4n) is 2.86. The topological polar surface area (TPSA) is 78.0 Å². The van der Waals surface area contributed by atoms with Crippen LogP contribution in [0.2, 0.25) is 0 Å². The normalized spacial score (nSPS) is 10.6. The van der Waals surface area contributed by atoms with Crippen LogP contribution in [0.4, 0.5) is 5.69 Å². The van der Waals surface area contributed by atoms with Gasteiger partial charge in [-0.05, 0) is 25.5 Å². The average Bonchev–Trinajstić information content (AvgIpc) is 2.90. The molecular formula is C19H17N3O3. The van der Waals surface area contributed by atoms with Crippen LogP contribution < -0.4 is 0 Å². The van der Waals surface area contributed by atoms with Crippen molar-refractivity contribution in [1.82, 2.24) is 9.78 Å². The Morgan fingerprint density at radius 3 is 2.40 bits per heavy atom. The van der Waals surface area contributed by atoms with Crippen LogP contribution in [0.5, 0.6) is 0 Å². The van der Waals surface area contributed by atoms with E-state index in [1.807, 2.05) is 44.2 Å². The van der Waals surface area contributed by atoms with Crippen LogP contribution >= 0.6 is 0 Å². The van der Waals surface area contributed by atoms with Crippen molar-refractivity contribution in [2.24, 2.45) is 0 Å². The monoisotopic (exact) mass is 335 g/mol. The zero-order valence-electron chi connectivity index (χ0n) is 14.0. The van der Waals surface area contributed by atoms with Crippen molar-refractivity contribution in [2.45, 2.75) is 20.3 Å². The lowest BCUT2D eigenvalue weighted by molar-refractivity contribution is -0.385. The standard InChI is InChI=1S/C19H17N3O3/c1-13-17(12-15-8-4-3-5-9-15)14(2)21(20-13)19(23)16-10-6-7-11-18(16)22(24)25/h3-11H,12H2,1-2H3. The smallest absolute Gasteiger partial charge is 0.266 e. The third kappa shape index (κ3) is 3.19. The van der Waals surface area contributed by atoms with Crippen LogP contribution in [0.15, 0.2) is 54.6 Å². The highest BCUT2D eigenvalue weighted by atomic mass is 16.6. The Labute approximate surface area is 144 Å². The Hall–Kier alpha value is -3.28. The van der Waals surface area contributed by atoms with Gasteiger partial charge in [-0.1, -0.05) is 42.5 Å². The van der Waals surface area contributed by atoms with Gasteiger partial charge < -0.3 is 0 Å². The van der Waals surface area contributed by atoms with Gasteiger partial charge in [-0.3, -0.25) is 14.9 Å². The lowest BCUT2D eigenvalue weighted by Gasteiger charge is -2.05. The zero-order valence-corrected chi connectivity index (χ0v) is 14.0. The Morgan fingerprint density at radius 2 is 1.72 bits per heavy atom. The van der Waals surface area contributed by atoms with Gasteiger partial charge in [0.05, 0.1) is 10.6 Å². The second-order valence-corrected chi connectivity index (χ2v) is 5.80. The molecule has 0 saturated carbocycles. The third-order valence-electron chi connectivity index (χ3n) is 4.19. The van der Waals surface area contributed by atoms with Crippen LogP contribution in [-0.4, -0.2) is 20.6 Å². The second-order valence-electron chi connectivity index (χ2n) is 5.80. The highest BCUT2D eigenvalue weighted by Gasteiger charge is 2.24. The number of nitro benzene ring substituents is 1. The Kier molecular flexibility index (Phi) is 4.43. The van der Waals surface area contributed by atoms with Gasteiger partial charge in [-0.25, -0.2) is 4.68 Å². The van der Waals surface area contributed by atoms with Gasteiger partial charge >= 0.3 is 0 Å². The molecule has 6 heteroatoms. The Bertz CT molecular complexity index is 946. The molecule has 3 aromatic rings. The van der Waals surface area contributed by atoms with Gasteiger partial charge in [-0.15, -0.1) is 0 Å². The maximum Gasteiger partial charge on any atom is 0.285 e. The average molecular weight is 335 g/mol. The zero-order chi connectivity index (χ0) is 18.0. The number of rotatable bonds is 4. The first kappa shape index (κ1) is 16.6. The number of para-hydroxylation sites is 1. The van der Waals surface area contributed by atoms with Crippen molar-refractivity contribution >= 4 is 11.6 Å². The molecule has 6 nitrogen and oxygen atoms in total. The number of nitrogens with zero attached hydrogens (tertiary/aromatic N) is 3. The lowest BCUT2D eigenvalue weighted by atomic mass is 10.0. The van der Waals surface area contributed by atoms with E-state index in [9.17, 15) is 14.9 Å². The van der Waals surface area contributed by atoms with Gasteiger partial charge in [0.2, 0.25) is 0 Å². The molecule has 25 heavy (non-hydrogen) atoms. The molecule has 0 N–H and O–H groups in total. The van der Waals surface area contributed by atoms with Crippen LogP contribution in [0.3, 0.4) is 0 Å². The number of hydrogen-bond acceptors (Lipinski definition) is 4. The summed E-state index contributed by atoms with van der Waals surface area (Å²) in [6.07, 6.45) is 0.655. The third-order valence-corrected chi connectivity index (χ3v) is 4.19. The second kappa shape index (κ2) is 6.68. The molecule has 0 spiro atoms. The highest BCUT2D eigenvalue weighted by molar-refractivity contribution is 5.99. The highest BCUT2D eigenvalue weighted by Crippen LogP contribution is 2.22. The van der Waals surface area contributed by atoms with E-state index >= 15 is 0 Å². The predicted octanol–water partition coefficient (Wildman–Crippen LogP) is 3.69. The van der Waals surface area contributed by atoms with Gasteiger partial charge in [0.15, 0.2) is 0 Å². The molecule has 3 rings (SSSR count). The molecule has 0 aliphatic carbocycles. The summed E-state index contributed by atoms with van der Waals surface area (Å²) in [6.45, 7) is 3.65. The van der Waals surface area contributed by atoms with Crippen LogP contribution in [0.25, 0.3) is 0 Å². The number of aryl methyl sites for hydroxylation is 1. The molecule has 1 heterocycles. The molecular weight excluding hydrogens is 318 g/mol. The quantitative estimate of drug-likeness (QED) is 0.538. The lowest BCUT2D eigenvalue weighted by Crippen LogP contribution is -2.17. The molecule has 0 atom stereocenters. The van der Waals surface area contributed by atoms with Crippen molar-refractivity contribution in [1.29, 1.82) is 0 Å². The molecule has 0 unspecified atom stereocenters. The maximum atomic E-state index is 12.8. The molecule has 1 aromatic heterocycles. The van der Waals surface area contributed by atoms with E-state index in [2.05, 4.69) is 5.10 Å². The summed E-state index contributed by atoms with van der Waals surface area (Å²) in [4.78, 5) is 23.4. The molecule has 126 valence electrons. The van der Waals surface area contributed by atoms with Gasteiger partial charge in [-0.2, -0.15) is 5.10 Å². The maximum absolute atomic E-state index is 12.8.